The molecule has 2 rings (SSSR count). The van der Waals surface area contributed by atoms with E-state index in [0.717, 1.165) is 31.8 Å². The first-order valence-electron chi connectivity index (χ1n) is 4.01. The highest BCUT2D eigenvalue weighted by atomic mass is 16.3. The molecule has 0 spiro atoms. The van der Waals surface area contributed by atoms with Gasteiger partial charge in [0.05, 0.1) is 6.10 Å². The molecule has 3 heteroatoms. The van der Waals surface area contributed by atoms with Gasteiger partial charge in [0, 0.05) is 25.7 Å². The summed E-state index contributed by atoms with van der Waals surface area (Å²) in [5.74, 6) is 1.14. The lowest BCUT2D eigenvalue weighted by molar-refractivity contribution is 0.0453. The Hall–Kier alpha value is -0.830. The fourth-order valence-corrected chi connectivity index (χ4v) is 1.40. The number of amidine groups is 1. The molecule has 0 aliphatic carbocycles. The van der Waals surface area contributed by atoms with Crippen LogP contribution >= 0.6 is 0 Å². The molecule has 0 aromatic carbocycles. The summed E-state index contributed by atoms with van der Waals surface area (Å²) in [5.41, 5.74) is 0. The van der Waals surface area contributed by atoms with Gasteiger partial charge >= 0.3 is 0 Å². The quantitative estimate of drug-likeness (QED) is 0.544. The Balaban J connectivity index is 1.95. The van der Waals surface area contributed by atoms with Gasteiger partial charge in [-0.3, -0.25) is 0 Å². The zero-order valence-corrected chi connectivity index (χ0v) is 6.40. The molecule has 0 aromatic rings. The smallest absolute Gasteiger partial charge is 0.105 e. The number of aliphatic hydroxyl groups excluding tert-OH is 1. The molecule has 1 N–H and O–H groups in total. The number of β-amino-alcohol motifs (C(OH)–C–C–N with tert-alkyl or cyclic N) is 1. The summed E-state index contributed by atoms with van der Waals surface area (Å²) in [5, 5.41) is 9.03. The maximum atomic E-state index is 9.03. The maximum Gasteiger partial charge on any atom is 0.105 e. The number of hydrogen-bond donors (Lipinski definition) is 1. The van der Waals surface area contributed by atoms with E-state index in [0.29, 0.717) is 0 Å². The van der Waals surface area contributed by atoms with Crippen LogP contribution in [-0.2, 0) is 0 Å². The molecule has 0 bridgehead atoms. The molecule has 0 aromatic heterocycles. The Morgan fingerprint density at radius 2 is 2.36 bits per heavy atom. The first kappa shape index (κ1) is 6.85. The van der Waals surface area contributed by atoms with Gasteiger partial charge in [-0.1, -0.05) is 6.08 Å². The summed E-state index contributed by atoms with van der Waals surface area (Å²) >= 11 is 0. The van der Waals surface area contributed by atoms with Crippen LogP contribution < -0.4 is 0 Å². The van der Waals surface area contributed by atoms with Crippen molar-refractivity contribution >= 4 is 5.84 Å². The predicted molar refractivity (Wildman–Crippen MR) is 43.4 cm³/mol. The van der Waals surface area contributed by atoms with Gasteiger partial charge in [-0.2, -0.15) is 0 Å². The van der Waals surface area contributed by atoms with E-state index in [1.54, 1.807) is 0 Å². The number of aliphatic imine (C=N–C) groups is 1. The molecule has 0 radical (unpaired) electrons. The first-order chi connectivity index (χ1) is 5.36. The van der Waals surface area contributed by atoms with Gasteiger partial charge in [0.2, 0.25) is 0 Å². The average molecular weight is 152 g/mol. The summed E-state index contributed by atoms with van der Waals surface area (Å²) in [4.78, 5) is 6.37. The minimum atomic E-state index is -0.122. The van der Waals surface area contributed by atoms with E-state index in [1.807, 2.05) is 6.20 Å². The van der Waals surface area contributed by atoms with Gasteiger partial charge in [0.25, 0.3) is 0 Å². The molecule has 0 saturated carbocycles. The predicted octanol–water partition coefficient (Wildman–Crippen LogP) is 0.369. The Bertz CT molecular complexity index is 204. The summed E-state index contributed by atoms with van der Waals surface area (Å²) in [6.45, 7) is 1.54. The standard InChI is InChI=1S/C8H12N2O/c11-7-5-10(6-7)8-3-1-2-4-9-8/h2,4,7,11H,1,3,5-6H2. The van der Waals surface area contributed by atoms with Crippen molar-refractivity contribution in [2.24, 2.45) is 4.99 Å². The molecule has 0 unspecified atom stereocenters. The molecule has 11 heavy (non-hydrogen) atoms. The molecule has 2 heterocycles. The summed E-state index contributed by atoms with van der Waals surface area (Å²) < 4.78 is 0. The molecular formula is C8H12N2O. The van der Waals surface area contributed by atoms with Crippen LogP contribution in [0.25, 0.3) is 0 Å². The molecule has 3 nitrogen and oxygen atoms in total. The van der Waals surface area contributed by atoms with E-state index in [4.69, 9.17) is 5.11 Å². The van der Waals surface area contributed by atoms with Crippen molar-refractivity contribution < 1.29 is 5.11 Å². The van der Waals surface area contributed by atoms with Crippen LogP contribution in [0.2, 0.25) is 0 Å². The minimum Gasteiger partial charge on any atom is -0.389 e. The van der Waals surface area contributed by atoms with Crippen LogP contribution in [0, 0.1) is 0 Å². The third-order valence-corrected chi connectivity index (χ3v) is 2.09. The zero-order valence-electron chi connectivity index (χ0n) is 6.40. The molecule has 1 fully saturated rings. The highest BCUT2D eigenvalue weighted by Gasteiger charge is 2.26. The van der Waals surface area contributed by atoms with Crippen molar-refractivity contribution in [1.29, 1.82) is 0 Å². The van der Waals surface area contributed by atoms with E-state index in [1.165, 1.54) is 0 Å². The number of rotatable bonds is 0. The zero-order chi connectivity index (χ0) is 7.68. The Morgan fingerprint density at radius 1 is 1.55 bits per heavy atom. The van der Waals surface area contributed by atoms with Crippen molar-refractivity contribution in [3.63, 3.8) is 0 Å². The van der Waals surface area contributed by atoms with Crippen LogP contribution in [0.1, 0.15) is 12.8 Å². The van der Waals surface area contributed by atoms with Crippen LogP contribution in [-0.4, -0.2) is 35.0 Å². The molecular weight excluding hydrogens is 140 g/mol. The van der Waals surface area contributed by atoms with Gasteiger partial charge in [-0.25, -0.2) is 4.99 Å². The second kappa shape index (κ2) is 2.66. The van der Waals surface area contributed by atoms with Crippen molar-refractivity contribution in [1.82, 2.24) is 4.90 Å². The second-order valence-corrected chi connectivity index (χ2v) is 3.03. The van der Waals surface area contributed by atoms with Crippen molar-refractivity contribution in [3.8, 4) is 0 Å². The highest BCUT2D eigenvalue weighted by Crippen LogP contribution is 2.14. The average Bonchev–Trinajstić information content (AvgIpc) is 2.01. The second-order valence-electron chi connectivity index (χ2n) is 3.03. The maximum absolute atomic E-state index is 9.03. The lowest BCUT2D eigenvalue weighted by Crippen LogP contribution is -2.53. The summed E-state index contributed by atoms with van der Waals surface area (Å²) in [6.07, 6.45) is 5.92. The van der Waals surface area contributed by atoms with E-state index in [9.17, 15) is 0 Å². The molecule has 1 saturated heterocycles. The molecule has 0 atom stereocenters. The van der Waals surface area contributed by atoms with Crippen molar-refractivity contribution in [2.45, 2.75) is 18.9 Å². The summed E-state index contributed by atoms with van der Waals surface area (Å²) in [7, 11) is 0. The SMILES string of the molecule is OC1CN(C2=NC=CCC2)C1. The van der Waals surface area contributed by atoms with Crippen LogP contribution in [0.15, 0.2) is 17.3 Å². The molecule has 0 amide bonds. The van der Waals surface area contributed by atoms with Crippen LogP contribution in [0.3, 0.4) is 0 Å². The van der Waals surface area contributed by atoms with Crippen LogP contribution in [0.5, 0.6) is 0 Å². The van der Waals surface area contributed by atoms with Gasteiger partial charge in [-0.15, -0.1) is 0 Å². The van der Waals surface area contributed by atoms with Gasteiger partial charge in [0.1, 0.15) is 5.84 Å². The third-order valence-electron chi connectivity index (χ3n) is 2.09. The third kappa shape index (κ3) is 1.28. The molecule has 2 aliphatic heterocycles. The minimum absolute atomic E-state index is 0.122. The Morgan fingerprint density at radius 3 is 2.91 bits per heavy atom. The largest absolute Gasteiger partial charge is 0.389 e. The van der Waals surface area contributed by atoms with E-state index >= 15 is 0 Å². The number of aliphatic hydroxyl groups is 1. The van der Waals surface area contributed by atoms with Crippen LogP contribution in [0.4, 0.5) is 0 Å². The highest BCUT2D eigenvalue weighted by molar-refractivity contribution is 5.84. The number of hydrogen-bond acceptors (Lipinski definition) is 3. The Kier molecular flexibility index (Phi) is 1.66. The summed E-state index contributed by atoms with van der Waals surface area (Å²) in [6, 6.07) is 0. The van der Waals surface area contributed by atoms with E-state index in [-0.39, 0.29) is 6.10 Å². The lowest BCUT2D eigenvalue weighted by Gasteiger charge is -2.38. The molecule has 60 valence electrons. The fourth-order valence-electron chi connectivity index (χ4n) is 1.40. The van der Waals surface area contributed by atoms with E-state index in [2.05, 4.69) is 16.0 Å². The lowest BCUT2D eigenvalue weighted by atomic mass is 10.1. The van der Waals surface area contributed by atoms with Gasteiger partial charge in [-0.05, 0) is 6.42 Å². The van der Waals surface area contributed by atoms with Crippen molar-refractivity contribution in [2.75, 3.05) is 13.1 Å². The molecule has 2 aliphatic rings. The number of nitrogens with zero attached hydrogens (tertiary/aromatic N) is 2. The monoisotopic (exact) mass is 152 g/mol. The topological polar surface area (TPSA) is 35.8 Å². The normalized spacial score (nSPS) is 24.8. The van der Waals surface area contributed by atoms with E-state index < -0.39 is 0 Å². The fraction of sp³-hybridized carbons (Fsp3) is 0.625. The number of allylic oxidation sites excluding steroid dienone is 1. The van der Waals surface area contributed by atoms with Gasteiger partial charge < -0.3 is 10.0 Å². The van der Waals surface area contributed by atoms with Crippen molar-refractivity contribution in [3.05, 3.63) is 12.3 Å². The van der Waals surface area contributed by atoms with Gasteiger partial charge in [0.15, 0.2) is 0 Å². The first-order valence-corrected chi connectivity index (χ1v) is 4.01. The Labute approximate surface area is 66.0 Å². The number of likely N-dealkylation sites (tertiary alicyclic amines) is 1.